The van der Waals surface area contributed by atoms with Crippen molar-refractivity contribution in [3.63, 3.8) is 0 Å². The average molecular weight is 478 g/mol. The molecule has 0 aromatic carbocycles. The molecule has 1 aromatic rings. The number of aromatic nitrogens is 1. The van der Waals surface area contributed by atoms with Crippen molar-refractivity contribution < 1.29 is 28.7 Å². The summed E-state index contributed by atoms with van der Waals surface area (Å²) in [5.41, 5.74) is 1.57. The molecule has 0 aliphatic carbocycles. The molecule has 1 aliphatic rings. The Labute approximate surface area is 197 Å². The van der Waals surface area contributed by atoms with Crippen LogP contribution in [0, 0.1) is 6.92 Å². The number of fused-ring (bicyclic) bond motifs is 1. The van der Waals surface area contributed by atoms with Crippen LogP contribution < -0.4 is 16.4 Å². The lowest BCUT2D eigenvalue weighted by atomic mass is 10.00. The molecule has 0 spiro atoms. The summed E-state index contributed by atoms with van der Waals surface area (Å²) in [4.78, 5) is 64.7. The molecular weight excluding hydrogens is 446 g/mol. The minimum Gasteiger partial charge on any atom is -0.443 e. The van der Waals surface area contributed by atoms with E-state index < -0.39 is 40.8 Å². The number of nitrogens with zero attached hydrogens (tertiary/aromatic N) is 3. The summed E-state index contributed by atoms with van der Waals surface area (Å²) in [6.07, 6.45) is -1.81. The molecule has 4 amide bonds. The summed E-state index contributed by atoms with van der Waals surface area (Å²) < 4.78 is 11.2. The van der Waals surface area contributed by atoms with Crippen LogP contribution in [0.2, 0.25) is 0 Å². The minimum absolute atomic E-state index is 0.0515. The summed E-state index contributed by atoms with van der Waals surface area (Å²) in [6.45, 7) is 14.5. The Morgan fingerprint density at radius 1 is 0.912 bits per heavy atom. The zero-order chi connectivity index (χ0) is 26.2. The average Bonchev–Trinajstić information content (AvgIpc) is 2.90. The molecule has 0 fully saturated rings. The number of carbonyl (C=O) groups excluding carboxylic acids is 4. The fraction of sp³-hybridized carbons (Fsp3) is 0.545. The maximum absolute atomic E-state index is 13.4. The van der Waals surface area contributed by atoms with Crippen LogP contribution >= 0.6 is 0 Å². The molecule has 1 aromatic heterocycles. The van der Waals surface area contributed by atoms with Crippen molar-refractivity contribution in [1.82, 2.24) is 15.0 Å². The molecule has 1 aliphatic heterocycles. The Kier molecular flexibility index (Phi) is 7.24. The highest BCUT2D eigenvalue weighted by Gasteiger charge is 2.41. The van der Waals surface area contributed by atoms with Gasteiger partial charge in [-0.05, 0) is 62.3 Å². The predicted molar refractivity (Wildman–Crippen MR) is 124 cm³/mol. The van der Waals surface area contributed by atoms with Gasteiger partial charge in [0.15, 0.2) is 0 Å². The van der Waals surface area contributed by atoms with E-state index in [1.807, 2.05) is 0 Å². The van der Waals surface area contributed by atoms with Crippen LogP contribution in [-0.2, 0) is 9.47 Å². The van der Waals surface area contributed by atoms with Crippen molar-refractivity contribution >= 4 is 29.7 Å². The van der Waals surface area contributed by atoms with Gasteiger partial charge < -0.3 is 9.47 Å². The van der Waals surface area contributed by atoms with Crippen LogP contribution in [0.1, 0.15) is 87.4 Å². The van der Waals surface area contributed by atoms with E-state index in [4.69, 9.17) is 9.47 Å². The Morgan fingerprint density at radius 2 is 1.41 bits per heavy atom. The van der Waals surface area contributed by atoms with Gasteiger partial charge in [0.05, 0.1) is 28.1 Å². The molecule has 2 rings (SSSR count). The predicted octanol–water partition coefficient (Wildman–Crippen LogP) is 2.50. The summed E-state index contributed by atoms with van der Waals surface area (Å²) in [6, 6.07) is 0. The number of hydrogen-bond acceptors (Lipinski definition) is 8. The number of amides is 4. The Bertz CT molecular complexity index is 1140. The fourth-order valence-corrected chi connectivity index (χ4v) is 3.26. The Balaban J connectivity index is 2.66. The second-order valence-electron chi connectivity index (χ2n) is 9.63. The van der Waals surface area contributed by atoms with Gasteiger partial charge in [0.2, 0.25) is 0 Å². The monoisotopic (exact) mass is 477 g/mol. The highest BCUT2D eigenvalue weighted by Crippen LogP contribution is 2.27. The normalized spacial score (nSPS) is 14.1. The number of hydrogen-bond donors (Lipinski definition) is 2. The Morgan fingerprint density at radius 3 is 1.91 bits per heavy atom. The standard InChI is InChI=1S/C22H31N5O7/c1-10-26-16(28)14-12(3)27(25-20(32)34-22(7,8)9)18(30)13(15(14)17(26)29)11(2)23-24-19(31)33-21(4,5)6/h10H2,1-9H3,(H,24,31)(H,25,32)/b23-11+. The fourth-order valence-electron chi connectivity index (χ4n) is 3.26. The van der Waals surface area contributed by atoms with Gasteiger partial charge in [0.25, 0.3) is 17.4 Å². The van der Waals surface area contributed by atoms with Crippen molar-refractivity contribution in [2.45, 2.75) is 73.5 Å². The van der Waals surface area contributed by atoms with Crippen LogP contribution in [0.25, 0.3) is 0 Å². The van der Waals surface area contributed by atoms with Gasteiger partial charge in [-0.1, -0.05) is 0 Å². The lowest BCUT2D eigenvalue weighted by Crippen LogP contribution is -2.41. The van der Waals surface area contributed by atoms with Crippen LogP contribution in [0.3, 0.4) is 0 Å². The largest absolute Gasteiger partial charge is 0.443 e. The summed E-state index contributed by atoms with van der Waals surface area (Å²) >= 11 is 0. The van der Waals surface area contributed by atoms with E-state index in [1.165, 1.54) is 13.8 Å². The van der Waals surface area contributed by atoms with E-state index in [0.29, 0.717) is 0 Å². The lowest BCUT2D eigenvalue weighted by molar-refractivity contribution is 0.0527. The van der Waals surface area contributed by atoms with Gasteiger partial charge >= 0.3 is 12.2 Å². The van der Waals surface area contributed by atoms with Crippen LogP contribution in [0.4, 0.5) is 9.59 Å². The lowest BCUT2D eigenvalue weighted by Gasteiger charge is -2.22. The maximum Gasteiger partial charge on any atom is 0.428 e. The molecule has 2 N–H and O–H groups in total. The van der Waals surface area contributed by atoms with Crippen molar-refractivity contribution in [1.29, 1.82) is 0 Å². The number of imide groups is 1. The Hall–Kier alpha value is -3.70. The highest BCUT2D eigenvalue weighted by atomic mass is 16.6. The van der Waals surface area contributed by atoms with Gasteiger partial charge in [-0.2, -0.15) is 5.10 Å². The molecule has 12 nitrogen and oxygen atoms in total. The number of carbonyl (C=O) groups is 4. The molecule has 12 heteroatoms. The third-order valence-corrected chi connectivity index (χ3v) is 4.53. The van der Waals surface area contributed by atoms with Gasteiger partial charge in [0, 0.05) is 6.54 Å². The zero-order valence-electron chi connectivity index (χ0n) is 20.9. The van der Waals surface area contributed by atoms with Crippen LogP contribution in [-0.4, -0.2) is 57.0 Å². The minimum atomic E-state index is -0.936. The molecule has 34 heavy (non-hydrogen) atoms. The van der Waals surface area contributed by atoms with Crippen molar-refractivity contribution in [2.24, 2.45) is 5.10 Å². The highest BCUT2D eigenvalue weighted by molar-refractivity contribution is 6.25. The maximum atomic E-state index is 13.4. The summed E-state index contributed by atoms with van der Waals surface area (Å²) in [5, 5.41) is 3.89. The van der Waals surface area contributed by atoms with E-state index in [2.05, 4.69) is 16.0 Å². The third kappa shape index (κ3) is 5.61. The molecule has 0 bridgehead atoms. The van der Waals surface area contributed by atoms with E-state index >= 15 is 0 Å². The number of ether oxygens (including phenoxy) is 2. The first-order valence-corrected chi connectivity index (χ1v) is 10.7. The summed E-state index contributed by atoms with van der Waals surface area (Å²) in [7, 11) is 0. The van der Waals surface area contributed by atoms with Crippen molar-refractivity contribution in [3.8, 4) is 0 Å². The number of rotatable bonds is 4. The van der Waals surface area contributed by atoms with Gasteiger partial charge in [-0.15, -0.1) is 0 Å². The molecule has 0 radical (unpaired) electrons. The SMILES string of the molecule is CCN1C(=O)c2c(c(C)n(NC(=O)OC(C)(C)C)c(=O)c2/C(C)=N/NC(=O)OC(C)(C)C)C1=O. The smallest absolute Gasteiger partial charge is 0.428 e. The topological polar surface area (TPSA) is 148 Å². The van der Waals surface area contributed by atoms with Gasteiger partial charge in [-0.3, -0.25) is 19.3 Å². The molecule has 0 atom stereocenters. The summed E-state index contributed by atoms with van der Waals surface area (Å²) in [5.74, 6) is -1.29. The molecule has 2 heterocycles. The van der Waals surface area contributed by atoms with E-state index in [1.54, 1.807) is 48.5 Å². The van der Waals surface area contributed by atoms with E-state index in [-0.39, 0.29) is 34.6 Å². The van der Waals surface area contributed by atoms with Gasteiger partial charge in [-0.25, -0.2) is 25.1 Å². The number of nitrogens with one attached hydrogen (secondary N) is 2. The second kappa shape index (κ2) is 9.27. The molecule has 0 saturated carbocycles. The van der Waals surface area contributed by atoms with E-state index in [9.17, 15) is 24.0 Å². The first-order chi connectivity index (χ1) is 15.5. The molecule has 0 saturated heterocycles. The third-order valence-electron chi connectivity index (χ3n) is 4.53. The zero-order valence-corrected chi connectivity index (χ0v) is 20.9. The van der Waals surface area contributed by atoms with Crippen LogP contribution in [0.5, 0.6) is 0 Å². The second-order valence-corrected chi connectivity index (χ2v) is 9.63. The van der Waals surface area contributed by atoms with Gasteiger partial charge in [0.1, 0.15) is 11.2 Å². The first-order valence-electron chi connectivity index (χ1n) is 10.7. The number of pyridine rings is 1. The quantitative estimate of drug-likeness (QED) is 0.384. The van der Waals surface area contributed by atoms with Crippen molar-refractivity contribution in [2.75, 3.05) is 12.0 Å². The molecule has 0 unspecified atom stereocenters. The van der Waals surface area contributed by atoms with Crippen molar-refractivity contribution in [3.05, 3.63) is 32.7 Å². The molecular formula is C22H31N5O7. The first kappa shape index (κ1) is 26.6. The molecule has 186 valence electrons. The van der Waals surface area contributed by atoms with E-state index in [0.717, 1.165) is 9.58 Å². The number of hydrazone groups is 1. The van der Waals surface area contributed by atoms with Crippen LogP contribution in [0.15, 0.2) is 9.90 Å².